The summed E-state index contributed by atoms with van der Waals surface area (Å²) in [5.41, 5.74) is 0. The molecule has 0 saturated carbocycles. The third-order valence-electron chi connectivity index (χ3n) is 3.62. The van der Waals surface area contributed by atoms with Gasteiger partial charge >= 0.3 is 0 Å². The Kier molecular flexibility index (Phi) is 8.56. The number of unbranched alkanes of at least 4 members (excludes halogenated alkanes) is 5. The van der Waals surface area contributed by atoms with Gasteiger partial charge in [0.1, 0.15) is 24.4 Å². The maximum absolute atomic E-state index is 13.4. The van der Waals surface area contributed by atoms with Crippen LogP contribution in [0.2, 0.25) is 0 Å². The molecule has 1 aliphatic rings. The van der Waals surface area contributed by atoms with Crippen LogP contribution in [-0.2, 0) is 9.47 Å². The van der Waals surface area contributed by atoms with E-state index in [1.807, 2.05) is 0 Å². The summed E-state index contributed by atoms with van der Waals surface area (Å²) in [6.45, 7) is 2.00. The second-order valence-electron chi connectivity index (χ2n) is 5.29. The van der Waals surface area contributed by atoms with Crippen molar-refractivity contribution >= 4 is 0 Å². The molecule has 1 fully saturated rings. The van der Waals surface area contributed by atoms with E-state index in [1.165, 1.54) is 19.3 Å². The molecule has 1 saturated heterocycles. The lowest BCUT2D eigenvalue weighted by Crippen LogP contribution is -2.58. The standard InChI is InChI=1S/C14H27FO5/c1-2-3-4-5-6-7-8-19-13-11(17)10(9-16)20-14(15)12(13)18/h10-14,16-18H,2-9H2,1H3/t10-,11-,12-,13+,14+/m1/s1. The predicted octanol–water partition coefficient (Wildman–Crippen LogP) is 1.14. The van der Waals surface area contributed by atoms with Crippen LogP contribution in [0.4, 0.5) is 4.39 Å². The normalized spacial score (nSPS) is 34.4. The van der Waals surface area contributed by atoms with Crippen LogP contribution in [0.3, 0.4) is 0 Å². The quantitative estimate of drug-likeness (QED) is 0.556. The average molecular weight is 294 g/mol. The fraction of sp³-hybridized carbons (Fsp3) is 1.00. The van der Waals surface area contributed by atoms with Crippen molar-refractivity contribution in [2.24, 2.45) is 0 Å². The van der Waals surface area contributed by atoms with Gasteiger partial charge in [0.05, 0.1) is 6.61 Å². The first kappa shape index (κ1) is 17.8. The molecular formula is C14H27FO5. The van der Waals surface area contributed by atoms with Crippen LogP contribution in [0.5, 0.6) is 0 Å². The largest absolute Gasteiger partial charge is 0.394 e. The summed E-state index contributed by atoms with van der Waals surface area (Å²) < 4.78 is 23.4. The first-order valence-corrected chi connectivity index (χ1v) is 7.50. The minimum absolute atomic E-state index is 0.357. The first-order chi connectivity index (χ1) is 9.61. The van der Waals surface area contributed by atoms with E-state index in [4.69, 9.17) is 9.84 Å². The van der Waals surface area contributed by atoms with Crippen molar-refractivity contribution in [3.05, 3.63) is 0 Å². The van der Waals surface area contributed by atoms with Crippen molar-refractivity contribution in [1.82, 2.24) is 0 Å². The van der Waals surface area contributed by atoms with Crippen LogP contribution < -0.4 is 0 Å². The third kappa shape index (κ3) is 5.26. The molecule has 6 heteroatoms. The van der Waals surface area contributed by atoms with Gasteiger partial charge in [0, 0.05) is 6.61 Å². The maximum Gasteiger partial charge on any atom is 0.228 e. The summed E-state index contributed by atoms with van der Waals surface area (Å²) in [5, 5.41) is 28.5. The summed E-state index contributed by atoms with van der Waals surface area (Å²) in [5.74, 6) is 0. The number of rotatable bonds is 9. The van der Waals surface area contributed by atoms with Crippen LogP contribution >= 0.6 is 0 Å². The number of aliphatic hydroxyl groups is 3. The first-order valence-electron chi connectivity index (χ1n) is 7.50. The van der Waals surface area contributed by atoms with Crippen LogP contribution in [-0.4, -0.2) is 59.3 Å². The zero-order chi connectivity index (χ0) is 15.0. The third-order valence-corrected chi connectivity index (χ3v) is 3.62. The van der Waals surface area contributed by atoms with Crippen molar-refractivity contribution in [2.75, 3.05) is 13.2 Å². The highest BCUT2D eigenvalue weighted by Gasteiger charge is 2.45. The molecule has 0 aliphatic carbocycles. The minimum atomic E-state index is -1.94. The molecule has 5 atom stereocenters. The Labute approximate surface area is 119 Å². The number of hydrogen-bond donors (Lipinski definition) is 3. The zero-order valence-electron chi connectivity index (χ0n) is 12.1. The molecule has 1 heterocycles. The van der Waals surface area contributed by atoms with Crippen molar-refractivity contribution in [3.8, 4) is 0 Å². The highest BCUT2D eigenvalue weighted by Crippen LogP contribution is 2.24. The average Bonchev–Trinajstić information content (AvgIpc) is 2.45. The molecule has 3 N–H and O–H groups in total. The molecule has 0 aromatic rings. The molecule has 1 rings (SSSR count). The smallest absolute Gasteiger partial charge is 0.228 e. The molecule has 0 aromatic heterocycles. The van der Waals surface area contributed by atoms with E-state index in [0.29, 0.717) is 6.61 Å². The summed E-state index contributed by atoms with van der Waals surface area (Å²) >= 11 is 0. The Morgan fingerprint density at radius 3 is 2.35 bits per heavy atom. The van der Waals surface area contributed by atoms with Gasteiger partial charge in [-0.25, -0.2) is 4.39 Å². The van der Waals surface area contributed by atoms with Crippen LogP contribution in [0, 0.1) is 0 Å². The molecule has 0 amide bonds. The maximum atomic E-state index is 13.4. The van der Waals surface area contributed by atoms with Crippen molar-refractivity contribution in [1.29, 1.82) is 0 Å². The van der Waals surface area contributed by atoms with Gasteiger partial charge in [-0.05, 0) is 6.42 Å². The van der Waals surface area contributed by atoms with Gasteiger partial charge in [-0.15, -0.1) is 0 Å². The second kappa shape index (κ2) is 9.63. The minimum Gasteiger partial charge on any atom is -0.394 e. The van der Waals surface area contributed by atoms with Crippen molar-refractivity contribution in [2.45, 2.75) is 76.2 Å². The zero-order valence-corrected chi connectivity index (χ0v) is 12.1. The molecule has 0 bridgehead atoms. The Balaban J connectivity index is 2.25. The Bertz CT molecular complexity index is 254. The molecular weight excluding hydrogens is 267 g/mol. The Morgan fingerprint density at radius 1 is 1.05 bits per heavy atom. The van der Waals surface area contributed by atoms with Gasteiger partial charge in [-0.3, -0.25) is 0 Å². The van der Waals surface area contributed by atoms with Crippen molar-refractivity contribution < 1.29 is 29.2 Å². The number of alkyl halides is 1. The highest BCUT2D eigenvalue weighted by molar-refractivity contribution is 4.89. The molecule has 0 aromatic carbocycles. The molecule has 120 valence electrons. The van der Waals surface area contributed by atoms with Crippen LogP contribution in [0.25, 0.3) is 0 Å². The lowest BCUT2D eigenvalue weighted by molar-refractivity contribution is -0.272. The molecule has 0 spiro atoms. The summed E-state index contributed by atoms with van der Waals surface area (Å²) in [7, 11) is 0. The van der Waals surface area contributed by atoms with E-state index in [0.717, 1.165) is 19.3 Å². The fourth-order valence-corrected chi connectivity index (χ4v) is 2.34. The number of hydrogen-bond acceptors (Lipinski definition) is 5. The van der Waals surface area contributed by atoms with Gasteiger partial charge in [0.15, 0.2) is 0 Å². The van der Waals surface area contributed by atoms with E-state index in [1.54, 1.807) is 0 Å². The summed E-state index contributed by atoms with van der Waals surface area (Å²) in [6.07, 6.45) is -0.231. The van der Waals surface area contributed by atoms with Crippen molar-refractivity contribution in [3.63, 3.8) is 0 Å². The molecule has 20 heavy (non-hydrogen) atoms. The Hall–Kier alpha value is -0.270. The van der Waals surface area contributed by atoms with E-state index in [-0.39, 0.29) is 0 Å². The summed E-state index contributed by atoms with van der Waals surface area (Å²) in [6, 6.07) is 0. The van der Waals surface area contributed by atoms with E-state index in [9.17, 15) is 14.6 Å². The Morgan fingerprint density at radius 2 is 1.70 bits per heavy atom. The van der Waals surface area contributed by atoms with E-state index >= 15 is 0 Å². The van der Waals surface area contributed by atoms with Gasteiger partial charge in [0.2, 0.25) is 6.36 Å². The number of aliphatic hydroxyl groups excluding tert-OH is 3. The van der Waals surface area contributed by atoms with Crippen LogP contribution in [0.1, 0.15) is 45.4 Å². The SMILES string of the molecule is CCCCCCCCO[C@@H]1[C@@H](O)[C@@H](F)O[C@H](CO)[C@H]1O. The second-order valence-corrected chi connectivity index (χ2v) is 5.29. The van der Waals surface area contributed by atoms with Crippen LogP contribution in [0.15, 0.2) is 0 Å². The lowest BCUT2D eigenvalue weighted by atomic mass is 9.99. The molecule has 5 nitrogen and oxygen atoms in total. The predicted molar refractivity (Wildman–Crippen MR) is 72.0 cm³/mol. The topological polar surface area (TPSA) is 79.2 Å². The lowest BCUT2D eigenvalue weighted by Gasteiger charge is -2.39. The van der Waals surface area contributed by atoms with Gasteiger partial charge in [0.25, 0.3) is 0 Å². The van der Waals surface area contributed by atoms with E-state index in [2.05, 4.69) is 11.7 Å². The van der Waals surface area contributed by atoms with Gasteiger partial charge < -0.3 is 24.8 Å². The van der Waals surface area contributed by atoms with E-state index < -0.39 is 37.4 Å². The van der Waals surface area contributed by atoms with Gasteiger partial charge in [-0.1, -0.05) is 39.0 Å². The fourth-order valence-electron chi connectivity index (χ4n) is 2.34. The number of ether oxygens (including phenoxy) is 2. The molecule has 1 aliphatic heterocycles. The molecule has 0 unspecified atom stereocenters. The molecule has 0 radical (unpaired) electrons. The van der Waals surface area contributed by atoms with Gasteiger partial charge in [-0.2, -0.15) is 0 Å². The highest BCUT2D eigenvalue weighted by atomic mass is 19.1. The summed E-state index contributed by atoms with van der Waals surface area (Å²) in [4.78, 5) is 0. The monoisotopic (exact) mass is 294 g/mol. The number of halogens is 1.